The number of carbonyl (C=O) groups excluding carboxylic acids is 2. The lowest BCUT2D eigenvalue weighted by Crippen LogP contribution is -2.43. The molecular formula is C18H19N3O4. The van der Waals surface area contributed by atoms with Gasteiger partial charge in [-0.25, -0.2) is 4.98 Å². The van der Waals surface area contributed by atoms with E-state index in [-0.39, 0.29) is 34.8 Å². The van der Waals surface area contributed by atoms with Crippen molar-refractivity contribution in [2.45, 2.75) is 12.8 Å². The second-order valence-electron chi connectivity index (χ2n) is 6.00. The minimum atomic E-state index is -0.340. The summed E-state index contributed by atoms with van der Waals surface area (Å²) in [5, 5.41) is 21.7. The number of aromatic nitrogens is 1. The molecular weight excluding hydrogens is 322 g/mol. The number of nitrogens with one attached hydrogen (secondary N) is 1. The van der Waals surface area contributed by atoms with Crippen molar-refractivity contribution in [3.05, 3.63) is 48.2 Å². The lowest BCUT2D eigenvalue weighted by atomic mass is 9.96. The molecule has 0 saturated carbocycles. The number of benzene rings is 1. The molecule has 3 N–H and O–H groups in total. The standard InChI is InChI=1S/C18H19N3O4/c22-14-7-6-12(10-15(14)23)18(25)21-9-3-4-13(11-21)17(24)20-16-5-1-2-8-19-16/h1-2,5-8,10,13,22-23H,3-4,9,11H2,(H,19,20,24)/t13-/m0/s1. The molecule has 2 amide bonds. The van der Waals surface area contributed by atoms with Gasteiger partial charge in [-0.15, -0.1) is 0 Å². The van der Waals surface area contributed by atoms with Gasteiger partial charge in [0.2, 0.25) is 5.91 Å². The lowest BCUT2D eigenvalue weighted by Gasteiger charge is -2.32. The Labute approximate surface area is 144 Å². The van der Waals surface area contributed by atoms with Crippen molar-refractivity contribution in [2.75, 3.05) is 18.4 Å². The number of carbonyl (C=O) groups is 2. The third-order valence-corrected chi connectivity index (χ3v) is 4.22. The number of piperidine rings is 1. The smallest absolute Gasteiger partial charge is 0.254 e. The van der Waals surface area contributed by atoms with Crippen LogP contribution < -0.4 is 5.32 Å². The molecule has 0 unspecified atom stereocenters. The van der Waals surface area contributed by atoms with Crippen LogP contribution in [0.15, 0.2) is 42.6 Å². The zero-order valence-corrected chi connectivity index (χ0v) is 13.6. The second-order valence-corrected chi connectivity index (χ2v) is 6.00. The molecule has 7 nitrogen and oxygen atoms in total. The Morgan fingerprint density at radius 3 is 2.72 bits per heavy atom. The number of phenolic OH excluding ortho intramolecular Hbond substituents is 2. The number of likely N-dealkylation sites (tertiary alicyclic amines) is 1. The number of pyridine rings is 1. The van der Waals surface area contributed by atoms with E-state index in [0.717, 1.165) is 6.42 Å². The maximum absolute atomic E-state index is 12.6. The van der Waals surface area contributed by atoms with Gasteiger partial charge in [-0.2, -0.15) is 0 Å². The van der Waals surface area contributed by atoms with Gasteiger partial charge in [0.15, 0.2) is 11.5 Å². The number of hydrogen-bond acceptors (Lipinski definition) is 5. The molecule has 1 aromatic carbocycles. The first-order valence-corrected chi connectivity index (χ1v) is 8.08. The molecule has 1 saturated heterocycles. The van der Waals surface area contributed by atoms with Gasteiger partial charge in [-0.05, 0) is 43.2 Å². The van der Waals surface area contributed by atoms with E-state index in [9.17, 15) is 19.8 Å². The summed E-state index contributed by atoms with van der Waals surface area (Å²) in [6.45, 7) is 0.854. The van der Waals surface area contributed by atoms with Gasteiger partial charge >= 0.3 is 0 Å². The van der Waals surface area contributed by atoms with E-state index in [1.807, 2.05) is 0 Å². The molecule has 1 aromatic heterocycles. The highest BCUT2D eigenvalue weighted by molar-refractivity contribution is 5.96. The SMILES string of the molecule is O=C(Nc1ccccn1)[C@H]1CCCN(C(=O)c2ccc(O)c(O)c2)C1. The summed E-state index contributed by atoms with van der Waals surface area (Å²) in [5.74, 6) is -0.879. The summed E-state index contributed by atoms with van der Waals surface area (Å²) < 4.78 is 0. The normalized spacial score (nSPS) is 17.1. The third kappa shape index (κ3) is 3.88. The number of rotatable bonds is 3. The maximum atomic E-state index is 12.6. The minimum Gasteiger partial charge on any atom is -0.504 e. The number of phenols is 2. The average Bonchev–Trinajstić information content (AvgIpc) is 2.64. The molecule has 0 spiro atoms. The largest absolute Gasteiger partial charge is 0.504 e. The molecule has 3 rings (SSSR count). The topological polar surface area (TPSA) is 103 Å². The van der Waals surface area contributed by atoms with Crippen molar-refractivity contribution in [3.63, 3.8) is 0 Å². The Balaban J connectivity index is 1.67. The van der Waals surface area contributed by atoms with Crippen molar-refractivity contribution in [3.8, 4) is 11.5 Å². The van der Waals surface area contributed by atoms with Gasteiger partial charge in [-0.1, -0.05) is 6.07 Å². The predicted octanol–water partition coefficient (Wildman–Crippen LogP) is 1.98. The Hall–Kier alpha value is -3.09. The summed E-state index contributed by atoms with van der Waals surface area (Å²) in [5.41, 5.74) is 0.279. The first-order valence-electron chi connectivity index (χ1n) is 8.08. The van der Waals surface area contributed by atoms with Crippen molar-refractivity contribution in [2.24, 2.45) is 5.92 Å². The number of aromatic hydroxyl groups is 2. The highest BCUT2D eigenvalue weighted by atomic mass is 16.3. The van der Waals surface area contributed by atoms with Gasteiger partial charge in [-0.3, -0.25) is 9.59 Å². The van der Waals surface area contributed by atoms with Crippen LogP contribution in [0.25, 0.3) is 0 Å². The maximum Gasteiger partial charge on any atom is 0.254 e. The summed E-state index contributed by atoms with van der Waals surface area (Å²) in [4.78, 5) is 30.7. The molecule has 0 radical (unpaired) electrons. The Bertz CT molecular complexity index is 779. The van der Waals surface area contributed by atoms with E-state index in [0.29, 0.717) is 25.3 Å². The molecule has 1 aliphatic heterocycles. The van der Waals surface area contributed by atoms with Crippen molar-refractivity contribution < 1.29 is 19.8 Å². The van der Waals surface area contributed by atoms with E-state index >= 15 is 0 Å². The number of anilines is 1. The molecule has 0 bridgehead atoms. The van der Waals surface area contributed by atoms with Crippen LogP contribution in [0, 0.1) is 5.92 Å². The average molecular weight is 341 g/mol. The van der Waals surface area contributed by atoms with E-state index < -0.39 is 0 Å². The monoisotopic (exact) mass is 341 g/mol. The summed E-state index contributed by atoms with van der Waals surface area (Å²) in [6.07, 6.45) is 3.02. The van der Waals surface area contributed by atoms with Gasteiger partial charge in [0, 0.05) is 24.8 Å². The molecule has 1 fully saturated rings. The quantitative estimate of drug-likeness (QED) is 0.741. The van der Waals surface area contributed by atoms with Crippen molar-refractivity contribution >= 4 is 17.6 Å². The molecule has 0 aliphatic carbocycles. The first-order chi connectivity index (χ1) is 12.0. The molecule has 1 aliphatic rings. The highest BCUT2D eigenvalue weighted by Crippen LogP contribution is 2.27. The Morgan fingerprint density at radius 1 is 1.16 bits per heavy atom. The summed E-state index contributed by atoms with van der Waals surface area (Å²) in [6, 6.07) is 9.23. The van der Waals surface area contributed by atoms with Crippen LogP contribution in [0.1, 0.15) is 23.2 Å². The van der Waals surface area contributed by atoms with Gasteiger partial charge < -0.3 is 20.4 Å². The fraction of sp³-hybridized carbons (Fsp3) is 0.278. The number of hydrogen-bond donors (Lipinski definition) is 3. The molecule has 2 heterocycles. The van der Waals surface area contributed by atoms with Gasteiger partial charge in [0.25, 0.3) is 5.91 Å². The summed E-state index contributed by atoms with van der Waals surface area (Å²) >= 11 is 0. The van der Waals surface area contributed by atoms with Gasteiger partial charge in [0.1, 0.15) is 5.82 Å². The van der Waals surface area contributed by atoms with Crippen molar-refractivity contribution in [1.82, 2.24) is 9.88 Å². The summed E-state index contributed by atoms with van der Waals surface area (Å²) in [7, 11) is 0. The van der Waals surface area contributed by atoms with E-state index in [1.54, 1.807) is 29.3 Å². The van der Waals surface area contributed by atoms with Crippen LogP contribution in [-0.4, -0.2) is 45.0 Å². The van der Waals surface area contributed by atoms with E-state index in [1.165, 1.54) is 18.2 Å². The minimum absolute atomic E-state index is 0.162. The van der Waals surface area contributed by atoms with Crippen molar-refractivity contribution in [1.29, 1.82) is 0 Å². The molecule has 130 valence electrons. The number of amides is 2. The number of nitrogens with zero attached hydrogens (tertiary/aromatic N) is 2. The molecule has 2 aromatic rings. The van der Waals surface area contributed by atoms with Crippen LogP contribution in [0.4, 0.5) is 5.82 Å². The van der Waals surface area contributed by atoms with Gasteiger partial charge in [0.05, 0.1) is 5.92 Å². The molecule has 1 atom stereocenters. The fourth-order valence-corrected chi connectivity index (χ4v) is 2.88. The van der Waals surface area contributed by atoms with Crippen LogP contribution in [0.5, 0.6) is 11.5 Å². The van der Waals surface area contributed by atoms with Crippen LogP contribution >= 0.6 is 0 Å². The van der Waals surface area contributed by atoms with E-state index in [2.05, 4.69) is 10.3 Å². The Kier molecular flexibility index (Phi) is 4.83. The lowest BCUT2D eigenvalue weighted by molar-refractivity contribution is -0.121. The zero-order chi connectivity index (χ0) is 17.8. The first kappa shape index (κ1) is 16.8. The Morgan fingerprint density at radius 2 is 2.00 bits per heavy atom. The zero-order valence-electron chi connectivity index (χ0n) is 13.6. The van der Waals surface area contributed by atoms with Crippen LogP contribution in [0.3, 0.4) is 0 Å². The van der Waals surface area contributed by atoms with Crippen LogP contribution in [-0.2, 0) is 4.79 Å². The molecule has 25 heavy (non-hydrogen) atoms. The third-order valence-electron chi connectivity index (χ3n) is 4.22. The highest BCUT2D eigenvalue weighted by Gasteiger charge is 2.29. The predicted molar refractivity (Wildman–Crippen MR) is 91.3 cm³/mol. The van der Waals surface area contributed by atoms with E-state index in [4.69, 9.17) is 0 Å². The molecule has 7 heteroatoms. The van der Waals surface area contributed by atoms with Crippen LogP contribution in [0.2, 0.25) is 0 Å². The fourth-order valence-electron chi connectivity index (χ4n) is 2.88. The second kappa shape index (κ2) is 7.21.